The van der Waals surface area contributed by atoms with Gasteiger partial charge in [0.15, 0.2) is 5.65 Å². The SMILES string of the molecule is O=C(c1ccccc1C(F)(F)F)N1CCN(c2cnn3cnnc3c2)CC1. The average Bonchev–Trinajstić information content (AvgIpc) is 3.15. The number of anilines is 1. The maximum atomic E-state index is 13.2. The van der Waals surface area contributed by atoms with Crippen LogP contribution in [-0.4, -0.2) is 56.8 Å². The van der Waals surface area contributed by atoms with Gasteiger partial charge in [-0.2, -0.15) is 18.3 Å². The first kappa shape index (κ1) is 17.3. The molecule has 1 aromatic carbocycles. The lowest BCUT2D eigenvalue weighted by atomic mass is 10.1. The van der Waals surface area contributed by atoms with Crippen LogP contribution in [-0.2, 0) is 6.18 Å². The van der Waals surface area contributed by atoms with Gasteiger partial charge in [0, 0.05) is 32.2 Å². The van der Waals surface area contributed by atoms with Gasteiger partial charge < -0.3 is 9.80 Å². The molecule has 1 fully saturated rings. The molecule has 1 saturated heterocycles. The summed E-state index contributed by atoms with van der Waals surface area (Å²) in [6, 6.07) is 6.71. The van der Waals surface area contributed by atoms with Gasteiger partial charge in [-0.3, -0.25) is 4.79 Å². The highest BCUT2D eigenvalue weighted by Crippen LogP contribution is 2.32. The van der Waals surface area contributed by atoms with E-state index < -0.39 is 17.6 Å². The molecule has 10 heteroatoms. The maximum absolute atomic E-state index is 13.2. The number of hydrogen-bond donors (Lipinski definition) is 0. The third-order valence-corrected chi connectivity index (χ3v) is 4.54. The van der Waals surface area contributed by atoms with Crippen molar-refractivity contribution in [3.05, 3.63) is 54.0 Å². The number of aromatic nitrogens is 4. The van der Waals surface area contributed by atoms with Crippen LogP contribution >= 0.6 is 0 Å². The fraction of sp³-hybridized carbons (Fsp3) is 0.294. The van der Waals surface area contributed by atoms with Crippen molar-refractivity contribution in [3.63, 3.8) is 0 Å². The zero-order valence-electron chi connectivity index (χ0n) is 14.1. The Morgan fingerprint density at radius 2 is 1.81 bits per heavy atom. The summed E-state index contributed by atoms with van der Waals surface area (Å²) in [5.74, 6) is -0.603. The van der Waals surface area contributed by atoms with Gasteiger partial charge in [-0.25, -0.2) is 4.52 Å². The maximum Gasteiger partial charge on any atom is 0.417 e. The summed E-state index contributed by atoms with van der Waals surface area (Å²) in [6.45, 7) is 1.63. The van der Waals surface area contributed by atoms with Crippen LogP contribution in [0.5, 0.6) is 0 Å². The highest BCUT2D eigenvalue weighted by Gasteiger charge is 2.36. The Balaban J connectivity index is 1.48. The van der Waals surface area contributed by atoms with E-state index in [2.05, 4.69) is 15.3 Å². The van der Waals surface area contributed by atoms with Crippen LogP contribution < -0.4 is 4.90 Å². The summed E-state index contributed by atoms with van der Waals surface area (Å²) >= 11 is 0. The van der Waals surface area contributed by atoms with E-state index in [1.807, 2.05) is 11.0 Å². The highest BCUT2D eigenvalue weighted by atomic mass is 19.4. The van der Waals surface area contributed by atoms with Crippen molar-refractivity contribution in [1.29, 1.82) is 0 Å². The molecule has 3 heterocycles. The lowest BCUT2D eigenvalue weighted by Crippen LogP contribution is -2.49. The van der Waals surface area contributed by atoms with Crippen molar-refractivity contribution in [1.82, 2.24) is 24.7 Å². The Kier molecular flexibility index (Phi) is 4.17. The minimum atomic E-state index is -4.56. The Labute approximate surface area is 152 Å². The number of rotatable bonds is 2. The van der Waals surface area contributed by atoms with Crippen LogP contribution in [0.1, 0.15) is 15.9 Å². The number of carbonyl (C=O) groups is 1. The van der Waals surface area contributed by atoms with E-state index >= 15 is 0 Å². The molecule has 3 aromatic rings. The summed E-state index contributed by atoms with van der Waals surface area (Å²) in [5.41, 5.74) is 0.215. The standard InChI is InChI=1S/C17H15F3N6O/c18-17(19,20)14-4-2-1-3-13(14)16(27)25-7-5-24(6-8-25)12-9-15-23-21-11-26(15)22-10-12/h1-4,9-11H,5-8H2. The molecule has 0 atom stereocenters. The van der Waals surface area contributed by atoms with Crippen molar-refractivity contribution in [2.45, 2.75) is 6.18 Å². The van der Waals surface area contributed by atoms with Gasteiger partial charge in [-0.1, -0.05) is 12.1 Å². The number of hydrogen-bond acceptors (Lipinski definition) is 5. The topological polar surface area (TPSA) is 66.6 Å². The van der Waals surface area contributed by atoms with Gasteiger partial charge in [-0.15, -0.1) is 10.2 Å². The van der Waals surface area contributed by atoms with Gasteiger partial charge in [0.05, 0.1) is 23.0 Å². The number of benzene rings is 1. The van der Waals surface area contributed by atoms with Gasteiger partial charge >= 0.3 is 6.18 Å². The fourth-order valence-electron chi connectivity index (χ4n) is 3.14. The van der Waals surface area contributed by atoms with Crippen molar-refractivity contribution in [2.75, 3.05) is 31.1 Å². The Morgan fingerprint density at radius 3 is 2.56 bits per heavy atom. The zero-order chi connectivity index (χ0) is 19.0. The largest absolute Gasteiger partial charge is 0.417 e. The van der Waals surface area contributed by atoms with E-state index in [0.717, 1.165) is 11.8 Å². The number of piperazine rings is 1. The number of halogens is 3. The Morgan fingerprint density at radius 1 is 1.07 bits per heavy atom. The molecule has 0 saturated carbocycles. The van der Waals surface area contributed by atoms with Crippen molar-refractivity contribution >= 4 is 17.2 Å². The summed E-state index contributed by atoms with van der Waals surface area (Å²) in [5, 5.41) is 11.9. The molecule has 0 unspecified atom stereocenters. The number of fused-ring (bicyclic) bond motifs is 1. The molecule has 1 aliphatic heterocycles. The van der Waals surface area contributed by atoms with Crippen LogP contribution in [0.25, 0.3) is 5.65 Å². The summed E-state index contributed by atoms with van der Waals surface area (Å²) in [7, 11) is 0. The zero-order valence-corrected chi connectivity index (χ0v) is 14.1. The van der Waals surface area contributed by atoms with Crippen LogP contribution in [0, 0.1) is 0 Å². The molecule has 2 aromatic heterocycles. The quantitative estimate of drug-likeness (QED) is 0.685. The summed E-state index contributed by atoms with van der Waals surface area (Å²) in [4.78, 5) is 16.1. The third kappa shape index (κ3) is 3.29. The van der Waals surface area contributed by atoms with E-state index in [0.29, 0.717) is 31.8 Å². The molecule has 4 rings (SSSR count). The first-order valence-corrected chi connectivity index (χ1v) is 8.30. The number of nitrogens with zero attached hydrogens (tertiary/aromatic N) is 6. The molecule has 7 nitrogen and oxygen atoms in total. The molecule has 0 bridgehead atoms. The van der Waals surface area contributed by atoms with Crippen molar-refractivity contribution < 1.29 is 18.0 Å². The molecule has 0 N–H and O–H groups in total. The summed E-state index contributed by atoms with van der Waals surface area (Å²) < 4.78 is 41.0. The van der Waals surface area contributed by atoms with Crippen molar-refractivity contribution in [3.8, 4) is 0 Å². The monoisotopic (exact) mass is 376 g/mol. The normalized spacial score (nSPS) is 15.4. The molecule has 1 aliphatic rings. The Bertz CT molecular complexity index is 978. The number of amides is 1. The second-order valence-corrected chi connectivity index (χ2v) is 6.17. The first-order valence-electron chi connectivity index (χ1n) is 8.30. The van der Waals surface area contributed by atoms with Gasteiger partial charge in [0.25, 0.3) is 5.91 Å². The molecule has 27 heavy (non-hydrogen) atoms. The molecular weight excluding hydrogens is 361 g/mol. The molecule has 0 radical (unpaired) electrons. The van der Waals surface area contributed by atoms with Crippen LogP contribution in [0.4, 0.5) is 18.9 Å². The molecule has 1 amide bonds. The molecular formula is C17H15F3N6O. The first-order chi connectivity index (χ1) is 12.9. The number of carbonyl (C=O) groups excluding carboxylic acids is 1. The predicted molar refractivity (Wildman–Crippen MR) is 90.3 cm³/mol. The van der Waals surface area contributed by atoms with Gasteiger partial charge in [0.1, 0.15) is 6.33 Å². The van der Waals surface area contributed by atoms with E-state index in [1.165, 1.54) is 33.9 Å². The smallest absolute Gasteiger partial charge is 0.367 e. The Hall–Kier alpha value is -3.17. The lowest BCUT2D eigenvalue weighted by Gasteiger charge is -2.36. The van der Waals surface area contributed by atoms with Gasteiger partial charge in [-0.05, 0) is 12.1 Å². The van der Waals surface area contributed by atoms with E-state index in [4.69, 9.17) is 0 Å². The van der Waals surface area contributed by atoms with Gasteiger partial charge in [0.2, 0.25) is 0 Å². The van der Waals surface area contributed by atoms with E-state index in [1.54, 1.807) is 6.20 Å². The summed E-state index contributed by atoms with van der Waals surface area (Å²) in [6.07, 6.45) is -1.39. The fourth-order valence-corrected chi connectivity index (χ4v) is 3.14. The molecule has 0 aliphatic carbocycles. The highest BCUT2D eigenvalue weighted by molar-refractivity contribution is 5.96. The second kappa shape index (κ2) is 6.53. The molecule has 140 valence electrons. The van der Waals surface area contributed by atoms with Crippen molar-refractivity contribution in [2.24, 2.45) is 0 Å². The second-order valence-electron chi connectivity index (χ2n) is 6.17. The van der Waals surface area contributed by atoms with E-state index in [9.17, 15) is 18.0 Å². The van der Waals surface area contributed by atoms with E-state index in [-0.39, 0.29) is 5.56 Å². The third-order valence-electron chi connectivity index (χ3n) is 4.54. The average molecular weight is 376 g/mol. The predicted octanol–water partition coefficient (Wildman–Crippen LogP) is 2.11. The number of alkyl halides is 3. The minimum Gasteiger partial charge on any atom is -0.367 e. The lowest BCUT2D eigenvalue weighted by molar-refractivity contribution is -0.138. The van der Waals surface area contributed by atoms with Crippen LogP contribution in [0.3, 0.4) is 0 Å². The van der Waals surface area contributed by atoms with Crippen LogP contribution in [0.15, 0.2) is 42.9 Å². The minimum absolute atomic E-state index is 0.315. The molecule has 0 spiro atoms. The van der Waals surface area contributed by atoms with Crippen LogP contribution in [0.2, 0.25) is 0 Å².